The molecular weight excluding hydrogens is 342 g/mol. The highest BCUT2D eigenvalue weighted by Gasteiger charge is 2.38. The molecule has 2 saturated heterocycles. The van der Waals surface area contributed by atoms with Gasteiger partial charge < -0.3 is 10.2 Å². The van der Waals surface area contributed by atoms with Crippen molar-refractivity contribution < 1.29 is 4.39 Å². The van der Waals surface area contributed by atoms with Gasteiger partial charge in [0, 0.05) is 27.4 Å². The zero-order valence-electron chi connectivity index (χ0n) is 10.5. The summed E-state index contributed by atoms with van der Waals surface area (Å²) in [5, 5.41) is 3.60. The first-order chi connectivity index (χ1) is 8.63. The second kappa shape index (κ2) is 4.96. The molecule has 2 aliphatic heterocycles. The predicted molar refractivity (Wildman–Crippen MR) is 80.3 cm³/mol. The van der Waals surface area contributed by atoms with Crippen molar-refractivity contribution in [3.63, 3.8) is 0 Å². The van der Waals surface area contributed by atoms with Crippen LogP contribution in [-0.2, 0) is 0 Å². The minimum atomic E-state index is -0.159. The Morgan fingerprint density at radius 2 is 1.94 bits per heavy atom. The summed E-state index contributed by atoms with van der Waals surface area (Å²) >= 11 is 2.20. The van der Waals surface area contributed by atoms with E-state index in [4.69, 9.17) is 0 Å². The normalized spacial score (nSPS) is 31.6. The third-order valence-electron chi connectivity index (χ3n) is 4.39. The third kappa shape index (κ3) is 2.37. The number of halogens is 2. The van der Waals surface area contributed by atoms with E-state index in [1.54, 1.807) is 6.07 Å². The van der Waals surface area contributed by atoms with E-state index in [0.29, 0.717) is 6.04 Å². The van der Waals surface area contributed by atoms with E-state index in [2.05, 4.69) is 39.9 Å². The molecule has 2 heterocycles. The molecule has 0 aromatic heterocycles. The Hall–Kier alpha value is -0.360. The molecule has 98 valence electrons. The second-order valence-electron chi connectivity index (χ2n) is 5.49. The summed E-state index contributed by atoms with van der Waals surface area (Å²) in [5.41, 5.74) is 1.07. The van der Waals surface area contributed by atoms with Crippen LogP contribution in [0.5, 0.6) is 0 Å². The van der Waals surface area contributed by atoms with Gasteiger partial charge in [0.05, 0.1) is 0 Å². The van der Waals surface area contributed by atoms with Gasteiger partial charge >= 0.3 is 0 Å². The van der Waals surface area contributed by atoms with Gasteiger partial charge in [0.1, 0.15) is 5.82 Å². The first-order valence-corrected chi connectivity index (χ1v) is 7.65. The summed E-state index contributed by atoms with van der Waals surface area (Å²) in [6.45, 7) is 0. The fourth-order valence-corrected chi connectivity index (χ4v) is 3.99. The first-order valence-electron chi connectivity index (χ1n) is 6.57. The molecule has 0 amide bonds. The van der Waals surface area contributed by atoms with E-state index in [0.717, 1.165) is 21.3 Å². The highest BCUT2D eigenvalue weighted by Crippen LogP contribution is 2.35. The Kier molecular flexibility index (Phi) is 3.49. The van der Waals surface area contributed by atoms with Crippen molar-refractivity contribution >= 4 is 28.3 Å². The largest absolute Gasteiger partial charge is 0.381 e. The van der Waals surface area contributed by atoms with E-state index < -0.39 is 0 Å². The molecule has 1 aromatic carbocycles. The molecule has 2 aliphatic rings. The average molecular weight is 360 g/mol. The van der Waals surface area contributed by atoms with Crippen LogP contribution in [0.4, 0.5) is 10.1 Å². The lowest BCUT2D eigenvalue weighted by molar-refractivity contribution is 0.169. The molecule has 2 atom stereocenters. The zero-order valence-corrected chi connectivity index (χ0v) is 12.7. The van der Waals surface area contributed by atoms with Crippen molar-refractivity contribution in [1.82, 2.24) is 4.90 Å². The highest BCUT2D eigenvalue weighted by molar-refractivity contribution is 14.1. The van der Waals surface area contributed by atoms with E-state index in [9.17, 15) is 4.39 Å². The van der Waals surface area contributed by atoms with Gasteiger partial charge in [-0.25, -0.2) is 4.39 Å². The Balaban J connectivity index is 1.70. The number of piperidine rings is 1. The van der Waals surface area contributed by atoms with Gasteiger partial charge in [0.15, 0.2) is 0 Å². The molecule has 2 nitrogen and oxygen atoms in total. The molecule has 1 aromatic rings. The fourth-order valence-electron chi connectivity index (χ4n) is 3.36. The maximum Gasteiger partial charge on any atom is 0.124 e. The van der Waals surface area contributed by atoms with Gasteiger partial charge in [-0.2, -0.15) is 0 Å². The Labute approximate surface area is 121 Å². The second-order valence-corrected chi connectivity index (χ2v) is 6.65. The predicted octanol–water partition coefficient (Wildman–Crippen LogP) is 3.47. The van der Waals surface area contributed by atoms with Gasteiger partial charge in [-0.3, -0.25) is 0 Å². The molecule has 0 spiro atoms. The summed E-state index contributed by atoms with van der Waals surface area (Å²) in [6, 6.07) is 6.99. The van der Waals surface area contributed by atoms with E-state index in [-0.39, 0.29) is 5.82 Å². The molecule has 2 fully saturated rings. The molecule has 4 heteroatoms. The Bertz CT molecular complexity index is 437. The van der Waals surface area contributed by atoms with Crippen molar-refractivity contribution in [2.24, 2.45) is 0 Å². The van der Waals surface area contributed by atoms with Crippen molar-refractivity contribution in [1.29, 1.82) is 0 Å². The summed E-state index contributed by atoms with van der Waals surface area (Å²) in [6.07, 6.45) is 5.08. The number of nitrogens with zero attached hydrogens (tertiary/aromatic N) is 1. The molecule has 3 rings (SSSR count). The first kappa shape index (κ1) is 12.7. The molecule has 2 bridgehead atoms. The van der Waals surface area contributed by atoms with E-state index >= 15 is 0 Å². The fraction of sp³-hybridized carbons (Fsp3) is 0.571. The van der Waals surface area contributed by atoms with Crippen LogP contribution in [0.25, 0.3) is 0 Å². The van der Waals surface area contributed by atoms with Crippen LogP contribution < -0.4 is 5.32 Å². The van der Waals surface area contributed by atoms with Crippen LogP contribution in [-0.4, -0.2) is 30.1 Å². The average Bonchev–Trinajstić information content (AvgIpc) is 2.57. The molecule has 0 saturated carbocycles. The monoisotopic (exact) mass is 360 g/mol. The van der Waals surface area contributed by atoms with Crippen molar-refractivity contribution in [3.05, 3.63) is 27.6 Å². The number of anilines is 1. The lowest BCUT2D eigenvalue weighted by atomic mass is 9.98. The van der Waals surface area contributed by atoms with Gasteiger partial charge in [0.2, 0.25) is 0 Å². The van der Waals surface area contributed by atoms with E-state index in [1.165, 1.54) is 31.7 Å². The van der Waals surface area contributed by atoms with E-state index in [1.807, 2.05) is 6.07 Å². The van der Waals surface area contributed by atoms with Crippen LogP contribution in [0.3, 0.4) is 0 Å². The van der Waals surface area contributed by atoms with Crippen molar-refractivity contribution in [3.8, 4) is 0 Å². The molecule has 0 radical (unpaired) electrons. The van der Waals surface area contributed by atoms with Crippen LogP contribution in [0.1, 0.15) is 25.7 Å². The molecule has 2 unspecified atom stereocenters. The van der Waals surface area contributed by atoms with Crippen LogP contribution in [0.2, 0.25) is 0 Å². The molecule has 0 aliphatic carbocycles. The Morgan fingerprint density at radius 3 is 2.56 bits per heavy atom. The summed E-state index contributed by atoms with van der Waals surface area (Å²) in [5.74, 6) is -0.159. The number of rotatable bonds is 2. The number of nitrogens with one attached hydrogen (secondary N) is 1. The standard InChI is InChI=1S/C14H18FIN2/c1-18-11-3-4-12(18)8-10(7-11)17-14-5-2-9(15)6-13(14)16/h2,5-6,10-12,17H,3-4,7-8H2,1H3. The zero-order chi connectivity index (χ0) is 12.7. The minimum Gasteiger partial charge on any atom is -0.381 e. The topological polar surface area (TPSA) is 15.3 Å². The van der Waals surface area contributed by atoms with Crippen LogP contribution in [0.15, 0.2) is 18.2 Å². The highest BCUT2D eigenvalue weighted by atomic mass is 127. The van der Waals surface area contributed by atoms with Crippen molar-refractivity contribution in [2.75, 3.05) is 12.4 Å². The molecular formula is C14H18FIN2. The third-order valence-corrected chi connectivity index (χ3v) is 5.28. The number of hydrogen-bond donors (Lipinski definition) is 1. The van der Waals surface area contributed by atoms with Gasteiger partial charge in [-0.1, -0.05) is 0 Å². The number of fused-ring (bicyclic) bond motifs is 2. The molecule has 1 N–H and O–H groups in total. The lowest BCUT2D eigenvalue weighted by Gasteiger charge is -2.37. The SMILES string of the molecule is CN1C2CCC1CC(Nc1ccc(F)cc1I)C2. The summed E-state index contributed by atoms with van der Waals surface area (Å²) in [4.78, 5) is 2.54. The maximum absolute atomic E-state index is 13.1. The smallest absolute Gasteiger partial charge is 0.124 e. The van der Waals surface area contributed by atoms with Gasteiger partial charge in [-0.05, 0) is 73.5 Å². The number of hydrogen-bond acceptors (Lipinski definition) is 2. The summed E-state index contributed by atoms with van der Waals surface area (Å²) in [7, 11) is 2.25. The summed E-state index contributed by atoms with van der Waals surface area (Å²) < 4.78 is 14.0. The Morgan fingerprint density at radius 1 is 1.28 bits per heavy atom. The molecule has 18 heavy (non-hydrogen) atoms. The quantitative estimate of drug-likeness (QED) is 0.813. The minimum absolute atomic E-state index is 0.159. The van der Waals surface area contributed by atoms with Gasteiger partial charge in [0.25, 0.3) is 0 Å². The maximum atomic E-state index is 13.1. The van der Waals surface area contributed by atoms with Crippen LogP contribution >= 0.6 is 22.6 Å². The van der Waals surface area contributed by atoms with Gasteiger partial charge in [-0.15, -0.1) is 0 Å². The lowest BCUT2D eigenvalue weighted by Crippen LogP contribution is -2.44. The van der Waals surface area contributed by atoms with Crippen molar-refractivity contribution in [2.45, 2.75) is 43.8 Å². The number of benzene rings is 1. The van der Waals surface area contributed by atoms with Crippen LogP contribution in [0, 0.1) is 9.39 Å².